The van der Waals surface area contributed by atoms with E-state index in [1.54, 1.807) is 6.20 Å². The summed E-state index contributed by atoms with van der Waals surface area (Å²) >= 11 is 11.1. The van der Waals surface area contributed by atoms with Gasteiger partial charge in [0.05, 0.1) is 54.9 Å². The molecule has 1 radical (unpaired) electrons. The summed E-state index contributed by atoms with van der Waals surface area (Å²) in [4.78, 5) is 24.1. The zero-order valence-electron chi connectivity index (χ0n) is 30.1. The number of rotatable bonds is 15. The van der Waals surface area contributed by atoms with E-state index >= 15 is 0 Å². The van der Waals surface area contributed by atoms with Gasteiger partial charge in [-0.25, -0.2) is 4.98 Å². The Bertz CT molecular complexity index is 1410. The van der Waals surface area contributed by atoms with E-state index in [1.807, 2.05) is 38.1 Å². The summed E-state index contributed by atoms with van der Waals surface area (Å²) in [6, 6.07) is 10.5. The normalized spacial score (nSPS) is 9.40. The minimum Gasteiger partial charge on any atom is -0.753 e. The SMILES string of the molecule is CCCC[N+](CCCC)(CCCC)CCCC.Cc1ccnc(-c2cc(C)cc(-c3cc(C(=O)[O-])ccn3)n2)c1.[N-]=C=S.[N-]=C=S.[N-]=C=S.[Ru+3]. The van der Waals surface area contributed by atoms with E-state index in [0.29, 0.717) is 11.4 Å². The maximum Gasteiger partial charge on any atom is 3.00 e. The Morgan fingerprint density at radius 1 is 0.660 bits per heavy atom. The molecule has 0 bridgehead atoms. The number of pyridine rings is 3. The van der Waals surface area contributed by atoms with E-state index in [9.17, 15) is 9.90 Å². The number of nitrogens with zero attached hydrogens (tertiary/aromatic N) is 7. The van der Waals surface area contributed by atoms with Crippen molar-refractivity contribution in [2.24, 2.45) is 0 Å². The number of carboxylic acid groups (broad SMARTS) is 1. The molecule has 0 saturated heterocycles. The molecular formula is C37H50N7O2RuS3. The minimum atomic E-state index is -1.23. The molecule has 0 unspecified atom stereocenters. The van der Waals surface area contributed by atoms with Gasteiger partial charge in [0, 0.05) is 18.0 Å². The van der Waals surface area contributed by atoms with Crippen LogP contribution in [-0.4, -0.2) is 67.1 Å². The van der Waals surface area contributed by atoms with Crippen molar-refractivity contribution in [3.63, 3.8) is 0 Å². The van der Waals surface area contributed by atoms with Gasteiger partial charge in [0.2, 0.25) is 0 Å². The number of aromatic carboxylic acids is 1. The van der Waals surface area contributed by atoms with Crippen molar-refractivity contribution in [2.45, 2.75) is 92.9 Å². The monoisotopic (exact) mass is 822 g/mol. The number of carbonyl (C=O) groups excluding carboxylic acids is 1. The summed E-state index contributed by atoms with van der Waals surface area (Å²) in [5.74, 6) is -1.23. The van der Waals surface area contributed by atoms with E-state index in [-0.39, 0.29) is 25.0 Å². The predicted octanol–water partition coefficient (Wildman–Crippen LogP) is 9.16. The number of carbonyl (C=O) groups is 1. The van der Waals surface area contributed by atoms with Gasteiger partial charge in [-0.1, -0.05) is 90.0 Å². The Kier molecular flexibility index (Phi) is 33.9. The molecule has 9 nitrogen and oxygen atoms in total. The summed E-state index contributed by atoms with van der Waals surface area (Å²) in [5.41, 5.74) is 4.76. The average molecular weight is 822 g/mol. The molecule has 0 aromatic carbocycles. The summed E-state index contributed by atoms with van der Waals surface area (Å²) < 4.78 is 1.42. The number of aromatic nitrogens is 3. The maximum atomic E-state index is 11.0. The topological polar surface area (TPSA) is 146 Å². The van der Waals surface area contributed by atoms with Gasteiger partial charge in [-0.2, -0.15) is 15.5 Å². The van der Waals surface area contributed by atoms with Gasteiger partial charge in [-0.05, 0) is 87.1 Å². The first-order valence-corrected chi connectivity index (χ1v) is 17.7. The molecule has 3 aromatic rings. The van der Waals surface area contributed by atoms with Crippen molar-refractivity contribution in [1.29, 1.82) is 0 Å². The zero-order valence-corrected chi connectivity index (χ0v) is 34.3. The van der Waals surface area contributed by atoms with Gasteiger partial charge in [0.1, 0.15) is 0 Å². The Labute approximate surface area is 328 Å². The molecule has 0 N–H and O–H groups in total. The summed E-state index contributed by atoms with van der Waals surface area (Å²) in [5, 5.41) is 36.4. The van der Waals surface area contributed by atoms with Crippen molar-refractivity contribution in [1.82, 2.24) is 15.0 Å². The number of isothiocyanates is 3. The average Bonchev–Trinajstić information content (AvgIpc) is 3.09. The number of quaternary nitrogens is 1. The molecular weight excluding hydrogens is 772 g/mol. The molecule has 0 atom stereocenters. The van der Waals surface area contributed by atoms with Crippen LogP contribution in [0.3, 0.4) is 0 Å². The number of unbranched alkanes of at least 4 members (excludes halogenated alkanes) is 4. The van der Waals surface area contributed by atoms with Crippen molar-refractivity contribution >= 4 is 58.1 Å². The first-order chi connectivity index (χ1) is 23.5. The third-order valence-corrected chi connectivity index (χ3v) is 7.35. The summed E-state index contributed by atoms with van der Waals surface area (Å²) in [7, 11) is 0. The van der Waals surface area contributed by atoms with Crippen LogP contribution < -0.4 is 5.11 Å². The van der Waals surface area contributed by atoms with Crippen LogP contribution in [0.25, 0.3) is 39.0 Å². The van der Waals surface area contributed by atoms with Crippen LogP contribution in [0.4, 0.5) is 0 Å². The third-order valence-electron chi connectivity index (χ3n) is 7.35. The molecule has 50 heavy (non-hydrogen) atoms. The fourth-order valence-electron chi connectivity index (χ4n) is 4.95. The molecule has 3 aromatic heterocycles. The van der Waals surface area contributed by atoms with Crippen LogP contribution in [0.2, 0.25) is 0 Å². The van der Waals surface area contributed by atoms with Gasteiger partial charge >= 0.3 is 19.5 Å². The molecule has 0 saturated carbocycles. The molecule has 0 aliphatic heterocycles. The van der Waals surface area contributed by atoms with E-state index in [2.05, 4.69) is 79.3 Å². The molecule has 0 aliphatic carbocycles. The molecule has 0 fully saturated rings. The largest absolute Gasteiger partial charge is 3.00 e. The Morgan fingerprint density at radius 3 is 1.34 bits per heavy atom. The Balaban J connectivity index is -0.000000723. The van der Waals surface area contributed by atoms with Gasteiger partial charge in [-0.3, -0.25) is 9.97 Å². The molecule has 0 spiro atoms. The first-order valence-electron chi connectivity index (χ1n) is 16.5. The van der Waals surface area contributed by atoms with E-state index < -0.39 is 5.97 Å². The van der Waals surface area contributed by atoms with Crippen LogP contribution in [0.1, 0.15) is 101 Å². The number of hydrogen-bond donors (Lipinski definition) is 0. The van der Waals surface area contributed by atoms with Crippen molar-refractivity contribution in [3.05, 3.63) is 81.7 Å². The molecule has 13 heteroatoms. The molecule has 3 heterocycles. The van der Waals surface area contributed by atoms with Gasteiger partial charge in [0.15, 0.2) is 0 Å². The second-order valence-electron chi connectivity index (χ2n) is 11.3. The number of aryl methyl sites for hydroxylation is 2. The number of thiocarbonyl (C=S) groups is 3. The Morgan fingerprint density at radius 2 is 1.00 bits per heavy atom. The van der Waals surface area contributed by atoms with E-state index in [0.717, 1.165) is 22.5 Å². The van der Waals surface area contributed by atoms with Crippen molar-refractivity contribution in [3.8, 4) is 22.8 Å². The van der Waals surface area contributed by atoms with Gasteiger partial charge < -0.3 is 30.6 Å². The maximum absolute atomic E-state index is 11.0. The van der Waals surface area contributed by atoms with E-state index in [1.165, 1.54) is 116 Å². The van der Waals surface area contributed by atoms with Crippen LogP contribution >= 0.6 is 36.7 Å². The molecule has 0 amide bonds. The zero-order chi connectivity index (χ0) is 37.5. The van der Waals surface area contributed by atoms with Crippen molar-refractivity contribution in [2.75, 3.05) is 26.2 Å². The smallest absolute Gasteiger partial charge is 0.753 e. The fourth-order valence-corrected chi connectivity index (χ4v) is 4.95. The second-order valence-corrected chi connectivity index (χ2v) is 11.8. The van der Waals surface area contributed by atoms with Gasteiger partial charge in [0.25, 0.3) is 0 Å². The first kappa shape index (κ1) is 51.3. The van der Waals surface area contributed by atoms with Crippen molar-refractivity contribution < 1.29 is 33.9 Å². The van der Waals surface area contributed by atoms with Gasteiger partial charge in [-0.15, -0.1) is 0 Å². The number of carboxylic acids is 1. The van der Waals surface area contributed by atoms with Crippen LogP contribution in [0.15, 0.2) is 48.8 Å². The van der Waals surface area contributed by atoms with Crippen LogP contribution in [-0.2, 0) is 19.5 Å². The quantitative estimate of drug-likeness (QED) is 0.0639. The van der Waals surface area contributed by atoms with E-state index in [4.69, 9.17) is 16.2 Å². The van der Waals surface area contributed by atoms with Crippen LogP contribution in [0, 0.1) is 13.8 Å². The summed E-state index contributed by atoms with van der Waals surface area (Å²) in [6.07, 6.45) is 14.2. The molecule has 271 valence electrons. The standard InChI is InChI=1S/C18H15N3O2.C16H36N.3CNS.Ru/c1-11-3-5-19-14(7-11)16-8-12(2)9-17(21-16)15-10-13(18(22)23)4-6-20-15;1-5-9-13-17(14-10-6-2,15-11-7-3)16-12-8-4;3*2-1-3;/h3-10H,1-2H3,(H,22,23);5-16H2,1-4H3;;;;/q;+1;3*-1;+3/p-1. The molecule has 3 rings (SSSR count). The Hall–Kier alpha value is -3.10. The molecule has 0 aliphatic rings. The summed E-state index contributed by atoms with van der Waals surface area (Å²) in [6.45, 7) is 19.0. The third kappa shape index (κ3) is 23.3. The predicted molar refractivity (Wildman–Crippen MR) is 212 cm³/mol. The fraction of sp³-hybridized carbons (Fsp3) is 0.486. The van der Waals surface area contributed by atoms with Crippen LogP contribution in [0.5, 0.6) is 0 Å². The minimum absolute atomic E-state index is 0. The number of hydrogen-bond acceptors (Lipinski definition) is 8. The second kappa shape index (κ2) is 33.1.